The maximum absolute atomic E-state index is 12.8. The fraction of sp³-hybridized carbons (Fsp3) is 0.125. The SMILES string of the molecule is COC(=O)c1ccc(N(F)NCl)cc1. The van der Waals surface area contributed by atoms with Crippen LogP contribution in [0.15, 0.2) is 24.3 Å². The molecule has 0 saturated heterocycles. The van der Waals surface area contributed by atoms with E-state index in [9.17, 15) is 9.28 Å². The van der Waals surface area contributed by atoms with Crippen molar-refractivity contribution in [2.45, 2.75) is 0 Å². The summed E-state index contributed by atoms with van der Waals surface area (Å²) in [5.41, 5.74) is 0.534. The highest BCUT2D eigenvalue weighted by Crippen LogP contribution is 2.14. The molecule has 0 spiro atoms. The number of hydrogen-bond acceptors (Lipinski definition) is 4. The Balaban J connectivity index is 2.83. The molecule has 0 aliphatic heterocycles. The van der Waals surface area contributed by atoms with E-state index in [1.807, 2.05) is 0 Å². The molecule has 0 fully saturated rings. The Hall–Kier alpha value is -1.33. The molecule has 0 bridgehead atoms. The minimum Gasteiger partial charge on any atom is -0.465 e. The molecule has 0 aliphatic carbocycles. The van der Waals surface area contributed by atoms with Crippen molar-refractivity contribution >= 4 is 23.4 Å². The summed E-state index contributed by atoms with van der Waals surface area (Å²) in [5.74, 6) is -0.471. The maximum atomic E-state index is 12.8. The maximum Gasteiger partial charge on any atom is 0.337 e. The second kappa shape index (κ2) is 4.78. The second-order valence-electron chi connectivity index (χ2n) is 2.40. The number of rotatable bonds is 3. The van der Waals surface area contributed by atoms with Gasteiger partial charge in [0, 0.05) is 0 Å². The first kappa shape index (κ1) is 10.7. The lowest BCUT2D eigenvalue weighted by Gasteiger charge is -2.09. The number of ether oxygens (including phenoxy) is 1. The zero-order valence-corrected chi connectivity index (χ0v) is 8.08. The topological polar surface area (TPSA) is 41.6 Å². The third-order valence-corrected chi connectivity index (χ3v) is 1.74. The average molecular weight is 219 g/mol. The lowest BCUT2D eigenvalue weighted by molar-refractivity contribution is 0.0600. The van der Waals surface area contributed by atoms with E-state index in [1.54, 1.807) is 4.94 Å². The molecule has 14 heavy (non-hydrogen) atoms. The second-order valence-corrected chi connectivity index (χ2v) is 2.57. The normalized spacial score (nSPS) is 9.64. The first-order chi connectivity index (χ1) is 6.69. The van der Waals surface area contributed by atoms with Crippen LogP contribution in [0.4, 0.5) is 10.2 Å². The van der Waals surface area contributed by atoms with Gasteiger partial charge in [-0.3, -0.25) is 0 Å². The minimum atomic E-state index is -0.471. The number of carbonyl (C=O) groups is 1. The van der Waals surface area contributed by atoms with Gasteiger partial charge in [0.15, 0.2) is 0 Å². The summed E-state index contributed by atoms with van der Waals surface area (Å²) in [6, 6.07) is 5.65. The van der Waals surface area contributed by atoms with E-state index in [0.717, 1.165) is 0 Å². The van der Waals surface area contributed by atoms with E-state index in [0.29, 0.717) is 5.56 Å². The van der Waals surface area contributed by atoms with Crippen molar-refractivity contribution < 1.29 is 14.0 Å². The highest BCUT2D eigenvalue weighted by Gasteiger charge is 2.07. The Morgan fingerprint density at radius 3 is 2.50 bits per heavy atom. The summed E-state index contributed by atoms with van der Waals surface area (Å²) < 4.78 is 17.2. The minimum absolute atomic E-state index is 0.114. The van der Waals surface area contributed by atoms with Crippen molar-refractivity contribution in [2.75, 3.05) is 12.3 Å². The zero-order chi connectivity index (χ0) is 10.6. The van der Waals surface area contributed by atoms with Crippen molar-refractivity contribution in [2.24, 2.45) is 0 Å². The van der Waals surface area contributed by atoms with Gasteiger partial charge in [-0.05, 0) is 36.0 Å². The molecular formula is C8H8ClFN2O2. The van der Waals surface area contributed by atoms with Crippen molar-refractivity contribution in [1.82, 2.24) is 4.94 Å². The molecular weight excluding hydrogens is 211 g/mol. The molecule has 0 aliphatic rings. The van der Waals surface area contributed by atoms with Crippen LogP contribution in [0.5, 0.6) is 0 Å². The number of halogens is 2. The Labute approximate surface area is 85.2 Å². The molecule has 0 unspecified atom stereocenters. The summed E-state index contributed by atoms with van der Waals surface area (Å²) in [6.45, 7) is 0. The molecule has 1 aromatic carbocycles. The van der Waals surface area contributed by atoms with Gasteiger partial charge in [-0.25, -0.2) is 4.79 Å². The van der Waals surface area contributed by atoms with Crippen LogP contribution in [0.1, 0.15) is 10.4 Å². The number of esters is 1. The van der Waals surface area contributed by atoms with E-state index in [2.05, 4.69) is 4.74 Å². The third kappa shape index (κ3) is 2.34. The molecule has 0 saturated carbocycles. The molecule has 4 nitrogen and oxygen atoms in total. The van der Waals surface area contributed by atoms with Crippen LogP contribution >= 0.6 is 11.8 Å². The monoisotopic (exact) mass is 218 g/mol. The van der Waals surface area contributed by atoms with Crippen LogP contribution in [0, 0.1) is 0 Å². The summed E-state index contributed by atoms with van der Waals surface area (Å²) in [4.78, 5) is 12.8. The highest BCUT2D eigenvalue weighted by atomic mass is 35.5. The molecule has 0 heterocycles. The third-order valence-electron chi connectivity index (χ3n) is 1.59. The van der Waals surface area contributed by atoms with Gasteiger partial charge in [-0.15, -0.1) is 10.2 Å². The van der Waals surface area contributed by atoms with E-state index < -0.39 is 5.97 Å². The molecule has 1 aromatic rings. The smallest absolute Gasteiger partial charge is 0.337 e. The van der Waals surface area contributed by atoms with Crippen LogP contribution in [0.2, 0.25) is 0 Å². The van der Waals surface area contributed by atoms with E-state index in [4.69, 9.17) is 11.8 Å². The van der Waals surface area contributed by atoms with Crippen molar-refractivity contribution in [3.63, 3.8) is 0 Å². The number of nitrogens with one attached hydrogen (secondary N) is 1. The lowest BCUT2D eigenvalue weighted by atomic mass is 10.2. The average Bonchev–Trinajstić information content (AvgIpc) is 2.27. The standard InChI is InChI=1S/C8H8ClFN2O2/c1-14-8(13)6-2-4-7(5-3-6)12(10)11-9/h2-5,11H,1H3. The summed E-state index contributed by atoms with van der Waals surface area (Å²) in [5, 5.41) is 0.114. The Morgan fingerprint density at radius 2 is 2.07 bits per heavy atom. The number of anilines is 1. The van der Waals surface area contributed by atoms with Gasteiger partial charge >= 0.3 is 5.97 Å². The van der Waals surface area contributed by atoms with Gasteiger partial charge in [0.25, 0.3) is 0 Å². The Kier molecular flexibility index (Phi) is 3.67. The largest absolute Gasteiger partial charge is 0.465 e. The van der Waals surface area contributed by atoms with Gasteiger partial charge in [0.05, 0.1) is 18.4 Å². The van der Waals surface area contributed by atoms with Crippen LogP contribution in [0.25, 0.3) is 0 Å². The van der Waals surface area contributed by atoms with Crippen molar-refractivity contribution in [3.8, 4) is 0 Å². The highest BCUT2D eigenvalue weighted by molar-refractivity contribution is 6.14. The van der Waals surface area contributed by atoms with Gasteiger partial charge in [-0.1, -0.05) is 4.48 Å². The first-order valence-electron chi connectivity index (χ1n) is 3.69. The van der Waals surface area contributed by atoms with Crippen LogP contribution < -0.4 is 10.2 Å². The molecule has 6 heteroatoms. The summed E-state index contributed by atoms with van der Waals surface area (Å²) in [7, 11) is 1.28. The number of nitrogens with zero attached hydrogens (tertiary/aromatic N) is 1. The van der Waals surface area contributed by atoms with Gasteiger partial charge in [0.2, 0.25) is 0 Å². The predicted octanol–water partition coefficient (Wildman–Crippen LogP) is 1.82. The van der Waals surface area contributed by atoms with E-state index in [1.165, 1.54) is 31.4 Å². The van der Waals surface area contributed by atoms with Crippen LogP contribution in [-0.2, 0) is 4.74 Å². The van der Waals surface area contributed by atoms with Gasteiger partial charge in [0.1, 0.15) is 0 Å². The predicted molar refractivity (Wildman–Crippen MR) is 50.4 cm³/mol. The first-order valence-corrected chi connectivity index (χ1v) is 4.07. The fourth-order valence-corrected chi connectivity index (χ4v) is 0.993. The Morgan fingerprint density at radius 1 is 1.50 bits per heavy atom. The molecule has 0 amide bonds. The molecule has 0 radical (unpaired) electrons. The summed E-state index contributed by atoms with van der Waals surface area (Å²) in [6.07, 6.45) is 0. The fourth-order valence-electron chi connectivity index (χ4n) is 0.895. The summed E-state index contributed by atoms with van der Waals surface area (Å²) >= 11 is 5.03. The molecule has 0 aromatic heterocycles. The molecule has 0 atom stereocenters. The lowest BCUT2D eigenvalue weighted by Crippen LogP contribution is -2.20. The number of methoxy groups -OCH3 is 1. The van der Waals surface area contributed by atoms with E-state index in [-0.39, 0.29) is 10.9 Å². The number of carbonyl (C=O) groups excluding carboxylic acids is 1. The van der Waals surface area contributed by atoms with Crippen LogP contribution in [-0.4, -0.2) is 13.1 Å². The van der Waals surface area contributed by atoms with Crippen LogP contribution in [0.3, 0.4) is 0 Å². The molecule has 76 valence electrons. The Bertz CT molecular complexity index is 318. The van der Waals surface area contributed by atoms with Gasteiger partial charge < -0.3 is 4.74 Å². The van der Waals surface area contributed by atoms with Crippen molar-refractivity contribution in [1.29, 1.82) is 0 Å². The number of hydrogen-bond donors (Lipinski definition) is 1. The van der Waals surface area contributed by atoms with Gasteiger partial charge in [-0.2, -0.15) is 0 Å². The van der Waals surface area contributed by atoms with Crippen molar-refractivity contribution in [3.05, 3.63) is 29.8 Å². The molecule has 1 rings (SSSR count). The van der Waals surface area contributed by atoms with E-state index >= 15 is 0 Å². The number of hydrazine groups is 1. The molecule has 1 N–H and O–H groups in total. The quantitative estimate of drug-likeness (QED) is 0.477. The zero-order valence-electron chi connectivity index (χ0n) is 7.33. The number of benzene rings is 1.